The molecule has 0 aromatic heterocycles. The minimum Gasteiger partial charge on any atom is -0.294 e. The van der Waals surface area contributed by atoms with Crippen LogP contribution in [0.1, 0.15) is 86.6 Å². The maximum atomic E-state index is 13.6. The number of carbonyl (C=O) groups is 1. The molecule has 2 fully saturated rings. The van der Waals surface area contributed by atoms with E-state index in [9.17, 15) is 4.79 Å². The molecule has 1 aromatic carbocycles. The van der Waals surface area contributed by atoms with E-state index < -0.39 is 0 Å². The Balaban J connectivity index is 1.40. The SMILES string of the molecule is O=C(c1ccc(CCC=C2C=CC=C[CH+]2)cc1)C(C1CCCCC1)C1CCCCC1. The Labute approximate surface area is 183 Å². The van der Waals surface area contributed by atoms with E-state index in [-0.39, 0.29) is 5.92 Å². The standard InChI is InChI=1S/C29H37O/c30-29(28(25-15-6-2-7-16-25)26-17-8-3-9-18-26)27-21-19-24(20-22-27)14-10-13-23-11-4-1-5-12-23/h1,4-5,11-13,19-22,25-26,28H,2-3,6-10,14-18H2/q+1. The van der Waals surface area contributed by atoms with Gasteiger partial charge in [0.15, 0.2) is 5.78 Å². The Kier molecular flexibility index (Phi) is 7.67. The summed E-state index contributed by atoms with van der Waals surface area (Å²) in [5.41, 5.74) is 3.56. The van der Waals surface area contributed by atoms with Crippen LogP contribution in [0.25, 0.3) is 0 Å². The zero-order valence-electron chi connectivity index (χ0n) is 18.4. The summed E-state index contributed by atoms with van der Waals surface area (Å²) in [6, 6.07) is 8.59. The van der Waals surface area contributed by atoms with Crippen LogP contribution < -0.4 is 0 Å². The van der Waals surface area contributed by atoms with Crippen molar-refractivity contribution in [1.29, 1.82) is 0 Å². The molecule has 2 saturated carbocycles. The van der Waals surface area contributed by atoms with Crippen molar-refractivity contribution in [3.8, 4) is 0 Å². The zero-order valence-corrected chi connectivity index (χ0v) is 18.4. The van der Waals surface area contributed by atoms with Crippen molar-refractivity contribution in [1.82, 2.24) is 0 Å². The van der Waals surface area contributed by atoms with Gasteiger partial charge in [-0.3, -0.25) is 4.79 Å². The summed E-state index contributed by atoms with van der Waals surface area (Å²) in [5.74, 6) is 1.95. The summed E-state index contributed by atoms with van der Waals surface area (Å²) in [6.07, 6.45) is 27.9. The van der Waals surface area contributed by atoms with E-state index in [1.165, 1.54) is 75.3 Å². The predicted molar refractivity (Wildman–Crippen MR) is 126 cm³/mol. The lowest BCUT2D eigenvalue weighted by Gasteiger charge is -2.37. The average Bonchev–Trinajstić information content (AvgIpc) is 2.82. The van der Waals surface area contributed by atoms with Gasteiger partial charge in [0.1, 0.15) is 0 Å². The molecule has 3 aliphatic rings. The average molecular weight is 402 g/mol. The van der Waals surface area contributed by atoms with Crippen LogP contribution in [0.4, 0.5) is 0 Å². The highest BCUT2D eigenvalue weighted by molar-refractivity contribution is 5.98. The molecule has 0 atom stereocenters. The van der Waals surface area contributed by atoms with E-state index in [2.05, 4.69) is 61.1 Å². The minimum absolute atomic E-state index is 0.267. The molecule has 0 amide bonds. The monoisotopic (exact) mass is 401 g/mol. The van der Waals surface area contributed by atoms with Crippen molar-refractivity contribution in [2.24, 2.45) is 17.8 Å². The molecular weight excluding hydrogens is 364 g/mol. The second-order valence-corrected chi connectivity index (χ2v) is 9.54. The second-order valence-electron chi connectivity index (χ2n) is 9.54. The molecule has 0 heterocycles. The largest absolute Gasteiger partial charge is 0.294 e. The number of hydrogen-bond acceptors (Lipinski definition) is 1. The van der Waals surface area contributed by atoms with E-state index in [0.29, 0.717) is 17.6 Å². The molecule has 1 aromatic rings. The first kappa shape index (κ1) is 21.2. The molecule has 3 aliphatic carbocycles. The number of carbonyl (C=O) groups excluding carboxylic acids is 1. The van der Waals surface area contributed by atoms with E-state index in [0.717, 1.165) is 18.4 Å². The third kappa shape index (κ3) is 5.56. The molecule has 1 heteroatoms. The fourth-order valence-electron chi connectivity index (χ4n) is 5.82. The second kappa shape index (κ2) is 10.8. The molecule has 4 rings (SSSR count). The van der Waals surface area contributed by atoms with Gasteiger partial charge >= 0.3 is 0 Å². The Bertz CT molecular complexity index is 749. The highest BCUT2D eigenvalue weighted by atomic mass is 16.1. The maximum Gasteiger partial charge on any atom is 0.166 e. The Morgan fingerprint density at radius 3 is 2.10 bits per heavy atom. The third-order valence-corrected chi connectivity index (χ3v) is 7.47. The number of hydrogen-bond donors (Lipinski definition) is 0. The molecule has 0 radical (unpaired) electrons. The van der Waals surface area contributed by atoms with E-state index in [1.54, 1.807) is 0 Å². The lowest BCUT2D eigenvalue weighted by molar-refractivity contribution is 0.0710. The molecule has 0 saturated heterocycles. The zero-order chi connectivity index (χ0) is 20.6. The molecule has 0 spiro atoms. The van der Waals surface area contributed by atoms with E-state index in [1.807, 2.05) is 0 Å². The van der Waals surface area contributed by atoms with Crippen molar-refractivity contribution in [2.75, 3.05) is 0 Å². The van der Waals surface area contributed by atoms with Crippen LogP contribution in [0, 0.1) is 24.2 Å². The summed E-state index contributed by atoms with van der Waals surface area (Å²) < 4.78 is 0. The van der Waals surface area contributed by atoms with Gasteiger partial charge in [0.25, 0.3) is 0 Å². The summed E-state index contributed by atoms with van der Waals surface area (Å²) in [6.45, 7) is 0. The minimum atomic E-state index is 0.267. The van der Waals surface area contributed by atoms with Crippen LogP contribution in [0.3, 0.4) is 0 Å². The highest BCUT2D eigenvalue weighted by Gasteiger charge is 2.36. The fraction of sp³-hybridized carbons (Fsp3) is 0.517. The van der Waals surface area contributed by atoms with Crippen LogP contribution in [0.5, 0.6) is 0 Å². The molecule has 0 bridgehead atoms. The van der Waals surface area contributed by atoms with E-state index in [4.69, 9.17) is 0 Å². The lowest BCUT2D eigenvalue weighted by Crippen LogP contribution is -2.33. The number of ketones is 1. The van der Waals surface area contributed by atoms with Gasteiger partial charge in [-0.2, -0.15) is 0 Å². The van der Waals surface area contributed by atoms with Gasteiger partial charge in [0, 0.05) is 48.6 Å². The Hall–Kier alpha value is -2.02. The highest BCUT2D eigenvalue weighted by Crippen LogP contribution is 2.41. The topological polar surface area (TPSA) is 17.1 Å². The first-order chi connectivity index (χ1) is 14.8. The normalized spacial score (nSPS) is 21.8. The first-order valence-electron chi connectivity index (χ1n) is 12.3. The van der Waals surface area contributed by atoms with Gasteiger partial charge in [0.05, 0.1) is 5.57 Å². The smallest absolute Gasteiger partial charge is 0.166 e. The first-order valence-corrected chi connectivity index (χ1v) is 12.3. The molecular formula is C29H37O+. The van der Waals surface area contributed by atoms with Gasteiger partial charge in [0.2, 0.25) is 0 Å². The lowest BCUT2D eigenvalue weighted by atomic mass is 9.67. The number of allylic oxidation sites excluding steroid dienone is 6. The van der Waals surface area contributed by atoms with Crippen LogP contribution in [0.15, 0.2) is 60.2 Å². The molecule has 1 nitrogen and oxygen atoms in total. The summed E-state index contributed by atoms with van der Waals surface area (Å²) in [7, 11) is 0. The van der Waals surface area contributed by atoms with E-state index >= 15 is 0 Å². The number of rotatable bonds is 7. The van der Waals surface area contributed by atoms with Crippen molar-refractivity contribution in [2.45, 2.75) is 77.0 Å². The summed E-state index contributed by atoms with van der Waals surface area (Å²) in [4.78, 5) is 13.6. The van der Waals surface area contributed by atoms with Gasteiger partial charge in [-0.25, -0.2) is 0 Å². The predicted octanol–water partition coefficient (Wildman–Crippen LogP) is 7.84. The Morgan fingerprint density at radius 2 is 1.53 bits per heavy atom. The number of Topliss-reactive ketones (excluding diaryl/α,β-unsaturated/α-hetero) is 1. The number of benzene rings is 1. The van der Waals surface area contributed by atoms with Gasteiger partial charge in [-0.1, -0.05) is 62.8 Å². The van der Waals surface area contributed by atoms with Crippen LogP contribution >= 0.6 is 0 Å². The molecule has 158 valence electrons. The molecule has 0 aliphatic heterocycles. The van der Waals surface area contributed by atoms with Crippen LogP contribution in [-0.2, 0) is 6.42 Å². The van der Waals surface area contributed by atoms with Crippen molar-refractivity contribution in [3.63, 3.8) is 0 Å². The summed E-state index contributed by atoms with van der Waals surface area (Å²) >= 11 is 0. The third-order valence-electron chi connectivity index (χ3n) is 7.47. The van der Waals surface area contributed by atoms with Gasteiger partial charge < -0.3 is 0 Å². The van der Waals surface area contributed by atoms with Crippen molar-refractivity contribution < 1.29 is 4.79 Å². The van der Waals surface area contributed by atoms with Crippen LogP contribution in [0.2, 0.25) is 0 Å². The Morgan fingerprint density at radius 1 is 0.900 bits per heavy atom. The summed E-state index contributed by atoms with van der Waals surface area (Å²) in [5, 5.41) is 0. The maximum absolute atomic E-state index is 13.6. The van der Waals surface area contributed by atoms with Crippen molar-refractivity contribution in [3.05, 3.63) is 77.8 Å². The van der Waals surface area contributed by atoms with Gasteiger partial charge in [-0.15, -0.1) is 0 Å². The molecule has 0 unspecified atom stereocenters. The quantitative estimate of drug-likeness (QED) is 0.336. The molecule has 0 N–H and O–H groups in total. The molecule has 30 heavy (non-hydrogen) atoms. The number of aryl methyl sites for hydroxylation is 1. The fourth-order valence-corrected chi connectivity index (χ4v) is 5.82. The van der Waals surface area contributed by atoms with Crippen LogP contribution in [-0.4, -0.2) is 5.78 Å². The van der Waals surface area contributed by atoms with Crippen molar-refractivity contribution >= 4 is 5.78 Å². The van der Waals surface area contributed by atoms with Gasteiger partial charge in [-0.05, 0) is 55.6 Å².